The Balaban J connectivity index is 1.46. The van der Waals surface area contributed by atoms with Gasteiger partial charge in [0.05, 0.1) is 11.4 Å². The highest BCUT2D eigenvalue weighted by atomic mass is 15.2. The molecule has 9 rings (SSSR count). The molecule has 0 aliphatic carbocycles. The van der Waals surface area contributed by atoms with Gasteiger partial charge in [0, 0.05) is 33.9 Å². The Labute approximate surface area is 353 Å². The lowest BCUT2D eigenvalue weighted by molar-refractivity contribution is 0.590. The number of hydrogen-bond donors (Lipinski definition) is 0. The molecule has 294 valence electrons. The van der Waals surface area contributed by atoms with Crippen molar-refractivity contribution in [2.24, 2.45) is 0 Å². The predicted octanol–water partition coefficient (Wildman–Crippen LogP) is 13.6. The topological polar surface area (TPSA) is 6.48 Å². The molecule has 3 heteroatoms. The molecule has 7 aromatic carbocycles. The number of para-hydroxylation sites is 2. The molecular weight excluding hydrogens is 711 g/mol. The second-order valence-corrected chi connectivity index (χ2v) is 20.0. The van der Waals surface area contributed by atoms with Gasteiger partial charge in [-0.25, -0.2) is 0 Å². The summed E-state index contributed by atoms with van der Waals surface area (Å²) in [5.74, 6) is 0. The zero-order valence-electron chi connectivity index (χ0n) is 36.8. The molecule has 0 saturated heterocycles. The van der Waals surface area contributed by atoms with E-state index in [9.17, 15) is 0 Å². The molecule has 0 aromatic heterocycles. The summed E-state index contributed by atoms with van der Waals surface area (Å²) in [6.45, 7) is 25.7. The predicted molar refractivity (Wildman–Crippen MR) is 257 cm³/mol. The normalized spacial score (nSPS) is 13.6. The van der Waals surface area contributed by atoms with Crippen LogP contribution in [0.15, 0.2) is 146 Å². The minimum absolute atomic E-state index is 0.0145. The van der Waals surface area contributed by atoms with Gasteiger partial charge < -0.3 is 9.80 Å². The smallest absolute Gasteiger partial charge is 0.252 e. The van der Waals surface area contributed by atoms with Crippen molar-refractivity contribution < 1.29 is 0 Å². The standard InChI is InChI=1S/C56H57BN2/c1-36-20-12-14-22-40(36)42-24-16-18-26-47(42)58-49-31-28-38(54(3,4)5)34-45(49)57-46-35-39(55(6,7)8)29-32-50(46)59(53-44(56(9,10)11)30-33-51(58)52(53)57)48-27-19-17-25-43(48)41-23-15-13-21-37(41)2/h12-35H,1-11H3. The fourth-order valence-electron chi connectivity index (χ4n) is 9.62. The largest absolute Gasteiger partial charge is 0.311 e. The third kappa shape index (κ3) is 6.42. The summed E-state index contributed by atoms with van der Waals surface area (Å²) in [6, 6.07) is 55.3. The number of aryl methyl sites for hydroxylation is 2. The molecule has 0 atom stereocenters. The number of benzene rings is 7. The summed E-state index contributed by atoms with van der Waals surface area (Å²) in [4.78, 5) is 5.23. The van der Waals surface area contributed by atoms with Gasteiger partial charge in [0.15, 0.2) is 0 Å². The lowest BCUT2D eigenvalue weighted by Crippen LogP contribution is -2.62. The zero-order chi connectivity index (χ0) is 41.6. The van der Waals surface area contributed by atoms with E-state index in [4.69, 9.17) is 0 Å². The molecule has 0 N–H and O–H groups in total. The van der Waals surface area contributed by atoms with Crippen LogP contribution in [0.25, 0.3) is 22.3 Å². The summed E-state index contributed by atoms with van der Waals surface area (Å²) in [5, 5.41) is 0. The molecule has 0 spiro atoms. The zero-order valence-corrected chi connectivity index (χ0v) is 36.8. The van der Waals surface area contributed by atoms with E-state index in [2.05, 4.69) is 232 Å². The van der Waals surface area contributed by atoms with Gasteiger partial charge >= 0.3 is 0 Å². The lowest BCUT2D eigenvalue weighted by atomic mass is 9.33. The molecule has 0 radical (unpaired) electrons. The SMILES string of the molecule is Cc1ccccc1-c1ccccc1N1c2ccc(C(C)(C)C)cc2B2c3cc(C(C)(C)C)ccc3N(c3ccccc3-c3ccccc3C)c3c(C(C)(C)C)ccc1c32. The molecule has 2 aliphatic heterocycles. The highest BCUT2D eigenvalue weighted by molar-refractivity contribution is 7.00. The van der Waals surface area contributed by atoms with Gasteiger partial charge in [-0.15, -0.1) is 0 Å². The Morgan fingerprint density at radius 1 is 0.373 bits per heavy atom. The minimum atomic E-state index is -0.148. The molecule has 2 aliphatic rings. The fraction of sp³-hybridized carbons (Fsp3) is 0.250. The van der Waals surface area contributed by atoms with Gasteiger partial charge in [0.1, 0.15) is 0 Å². The van der Waals surface area contributed by atoms with Crippen LogP contribution in [-0.2, 0) is 16.2 Å². The van der Waals surface area contributed by atoms with Crippen molar-refractivity contribution in [3.05, 3.63) is 173 Å². The molecule has 7 aromatic rings. The first-order valence-corrected chi connectivity index (χ1v) is 21.4. The number of hydrogen-bond acceptors (Lipinski definition) is 2. The quantitative estimate of drug-likeness (QED) is 0.165. The number of nitrogens with zero attached hydrogens (tertiary/aromatic N) is 2. The molecule has 0 fully saturated rings. The highest BCUT2D eigenvalue weighted by Gasteiger charge is 2.46. The average Bonchev–Trinajstić information content (AvgIpc) is 3.20. The van der Waals surface area contributed by atoms with E-state index in [1.807, 2.05) is 0 Å². The Morgan fingerprint density at radius 2 is 0.780 bits per heavy atom. The number of anilines is 6. The van der Waals surface area contributed by atoms with Gasteiger partial charge in [-0.2, -0.15) is 0 Å². The second-order valence-electron chi connectivity index (χ2n) is 20.0. The van der Waals surface area contributed by atoms with Gasteiger partial charge in [-0.05, 0) is 116 Å². The fourth-order valence-corrected chi connectivity index (χ4v) is 9.62. The summed E-state index contributed by atoms with van der Waals surface area (Å²) in [5.41, 5.74) is 22.9. The highest BCUT2D eigenvalue weighted by Crippen LogP contribution is 2.51. The summed E-state index contributed by atoms with van der Waals surface area (Å²) >= 11 is 0. The summed E-state index contributed by atoms with van der Waals surface area (Å²) in [7, 11) is 0. The van der Waals surface area contributed by atoms with Crippen LogP contribution in [-0.4, -0.2) is 6.71 Å². The van der Waals surface area contributed by atoms with E-state index in [1.54, 1.807) is 0 Å². The first-order valence-electron chi connectivity index (χ1n) is 21.4. The molecule has 2 nitrogen and oxygen atoms in total. The molecule has 2 heterocycles. The Morgan fingerprint density at radius 3 is 1.24 bits per heavy atom. The number of fused-ring (bicyclic) bond motifs is 4. The van der Waals surface area contributed by atoms with Crippen molar-refractivity contribution in [1.29, 1.82) is 0 Å². The van der Waals surface area contributed by atoms with Crippen LogP contribution in [0.5, 0.6) is 0 Å². The van der Waals surface area contributed by atoms with Gasteiger partial charge in [-0.1, -0.05) is 178 Å². The molecule has 0 saturated carbocycles. The van der Waals surface area contributed by atoms with E-state index in [1.165, 1.54) is 101 Å². The Kier molecular flexibility index (Phi) is 9.12. The van der Waals surface area contributed by atoms with Crippen molar-refractivity contribution in [2.45, 2.75) is 92.4 Å². The van der Waals surface area contributed by atoms with Crippen LogP contribution in [0.1, 0.15) is 90.1 Å². The van der Waals surface area contributed by atoms with Crippen molar-refractivity contribution in [3.63, 3.8) is 0 Å². The van der Waals surface area contributed by atoms with Gasteiger partial charge in [0.2, 0.25) is 0 Å². The van der Waals surface area contributed by atoms with E-state index in [0.717, 1.165) is 0 Å². The van der Waals surface area contributed by atoms with Crippen LogP contribution < -0.4 is 26.2 Å². The monoisotopic (exact) mass is 768 g/mol. The van der Waals surface area contributed by atoms with E-state index >= 15 is 0 Å². The molecular formula is C56H57BN2. The van der Waals surface area contributed by atoms with E-state index in [0.29, 0.717) is 0 Å². The maximum atomic E-state index is 2.64. The summed E-state index contributed by atoms with van der Waals surface area (Å²) < 4.78 is 0. The maximum absolute atomic E-state index is 2.64. The van der Waals surface area contributed by atoms with E-state index in [-0.39, 0.29) is 23.0 Å². The summed E-state index contributed by atoms with van der Waals surface area (Å²) in [6.07, 6.45) is 0. The first kappa shape index (κ1) is 38.7. The maximum Gasteiger partial charge on any atom is 0.252 e. The first-order chi connectivity index (χ1) is 28.0. The van der Waals surface area contributed by atoms with Crippen LogP contribution in [0, 0.1) is 13.8 Å². The van der Waals surface area contributed by atoms with Crippen LogP contribution in [0.4, 0.5) is 34.1 Å². The van der Waals surface area contributed by atoms with Crippen molar-refractivity contribution in [2.75, 3.05) is 9.80 Å². The van der Waals surface area contributed by atoms with Crippen LogP contribution in [0.2, 0.25) is 0 Å². The molecule has 59 heavy (non-hydrogen) atoms. The molecule has 0 bridgehead atoms. The minimum Gasteiger partial charge on any atom is -0.311 e. The van der Waals surface area contributed by atoms with Gasteiger partial charge in [-0.3, -0.25) is 0 Å². The molecule has 0 unspecified atom stereocenters. The Hall–Kier alpha value is -5.80. The van der Waals surface area contributed by atoms with Crippen LogP contribution in [0.3, 0.4) is 0 Å². The lowest BCUT2D eigenvalue weighted by Gasteiger charge is -2.47. The number of rotatable bonds is 4. The van der Waals surface area contributed by atoms with Crippen molar-refractivity contribution in [1.82, 2.24) is 0 Å². The van der Waals surface area contributed by atoms with Crippen molar-refractivity contribution in [3.8, 4) is 22.3 Å². The van der Waals surface area contributed by atoms with E-state index < -0.39 is 0 Å². The Bertz CT molecular complexity index is 2740. The van der Waals surface area contributed by atoms with Crippen molar-refractivity contribution >= 4 is 57.2 Å². The third-order valence-electron chi connectivity index (χ3n) is 12.8. The molecule has 0 amide bonds. The second kappa shape index (κ2) is 13.9. The van der Waals surface area contributed by atoms with Crippen LogP contribution >= 0.6 is 0 Å². The third-order valence-corrected chi connectivity index (χ3v) is 12.8. The average molecular weight is 769 g/mol. The van der Waals surface area contributed by atoms with Gasteiger partial charge in [0.25, 0.3) is 6.71 Å².